The lowest BCUT2D eigenvalue weighted by molar-refractivity contribution is -0.137. The van der Waals surface area contributed by atoms with Crippen molar-refractivity contribution < 1.29 is 80.5 Å². The molecule has 28 heteroatoms. The van der Waals surface area contributed by atoms with Gasteiger partial charge in [-0.2, -0.15) is 16.1 Å². The third-order valence-corrected chi connectivity index (χ3v) is 11.5. The van der Waals surface area contributed by atoms with E-state index in [1.807, 2.05) is 0 Å². The van der Waals surface area contributed by atoms with Crippen LogP contribution in [0.4, 0.5) is 5.82 Å². The van der Waals surface area contributed by atoms with Crippen LogP contribution in [0.3, 0.4) is 0 Å². The van der Waals surface area contributed by atoms with Gasteiger partial charge >= 0.3 is 23.5 Å². The number of amides is 2. The number of thioether (sulfide) groups is 1. The van der Waals surface area contributed by atoms with Crippen LogP contribution in [0.5, 0.6) is 0 Å². The molecule has 1 aliphatic rings. The van der Waals surface area contributed by atoms with Gasteiger partial charge in [0.2, 0.25) is 11.8 Å². The average Bonchev–Trinajstić information content (AvgIpc) is 3.64. The normalized spacial score (nSPS) is 21.9. The van der Waals surface area contributed by atoms with E-state index in [0.29, 0.717) is 24.5 Å². The van der Waals surface area contributed by atoms with Crippen molar-refractivity contribution in [2.45, 2.75) is 57.3 Å². The number of aliphatic hydroxyl groups excluding tert-OH is 2. The van der Waals surface area contributed by atoms with E-state index in [-0.39, 0.29) is 35.7 Å². The number of imidazole rings is 1. The van der Waals surface area contributed by atoms with Crippen LogP contribution in [-0.2, 0) is 50.7 Å². The summed E-state index contributed by atoms with van der Waals surface area (Å²) in [4.78, 5) is 86.6. The Labute approximate surface area is 311 Å². The molecular weight excluding hydrogens is 807 g/mol. The maximum Gasteiger partial charge on any atom is 0.481 e. The first-order valence-corrected chi connectivity index (χ1v) is 21.4. The van der Waals surface area contributed by atoms with E-state index in [2.05, 4.69) is 41.0 Å². The Balaban J connectivity index is 1.50. The van der Waals surface area contributed by atoms with Crippen LogP contribution in [-0.4, -0.2) is 129 Å². The Kier molecular flexibility index (Phi) is 16.4. The predicted molar refractivity (Wildman–Crippen MR) is 187 cm³/mol. The zero-order valence-corrected chi connectivity index (χ0v) is 32.3. The zero-order valence-electron chi connectivity index (χ0n) is 28.8. The fraction of sp³-hybridized carbons (Fsp3) is 0.615. The van der Waals surface area contributed by atoms with Gasteiger partial charge in [0, 0.05) is 42.9 Å². The second-order valence-electron chi connectivity index (χ2n) is 12.1. The van der Waals surface area contributed by atoms with E-state index in [9.17, 15) is 57.9 Å². The van der Waals surface area contributed by atoms with Gasteiger partial charge in [-0.1, -0.05) is 20.4 Å². The highest BCUT2D eigenvalue weighted by Gasteiger charge is 2.50. The number of nitrogens with zero attached hydrogens (tertiary/aromatic N) is 4. The summed E-state index contributed by atoms with van der Waals surface area (Å²) in [6.07, 6.45) is -5.28. The van der Waals surface area contributed by atoms with Crippen LogP contribution >= 0.6 is 35.2 Å². The number of ketones is 1. The first-order chi connectivity index (χ1) is 25.1. The number of hydrogen-bond acceptors (Lipinski definition) is 18. The highest BCUT2D eigenvalue weighted by Crippen LogP contribution is 2.61. The number of fused-ring (bicyclic) bond motifs is 1. The molecule has 1 fully saturated rings. The van der Waals surface area contributed by atoms with Crippen LogP contribution in [0, 0.1) is 5.41 Å². The lowest BCUT2D eigenvalue weighted by Gasteiger charge is -2.30. The quantitative estimate of drug-likeness (QED) is 0.0378. The Morgan fingerprint density at radius 3 is 2.43 bits per heavy atom. The van der Waals surface area contributed by atoms with Gasteiger partial charge in [-0.05, 0) is 6.08 Å². The first-order valence-electron chi connectivity index (χ1n) is 15.7. The van der Waals surface area contributed by atoms with Gasteiger partial charge in [0.05, 0.1) is 19.5 Å². The average molecular weight is 850 g/mol. The molecule has 0 aromatic carbocycles. The second-order valence-corrected chi connectivity index (χ2v) is 17.6. The van der Waals surface area contributed by atoms with Crippen molar-refractivity contribution in [1.82, 2.24) is 30.2 Å². The van der Waals surface area contributed by atoms with E-state index in [4.69, 9.17) is 19.5 Å². The van der Waals surface area contributed by atoms with Gasteiger partial charge in [0.25, 0.3) is 0 Å². The molecule has 3 rings (SSSR count). The summed E-state index contributed by atoms with van der Waals surface area (Å²) in [5, 5.41) is 26.4. The molecule has 24 nitrogen and oxygen atoms in total. The van der Waals surface area contributed by atoms with Crippen molar-refractivity contribution in [3.05, 3.63) is 25.3 Å². The fourth-order valence-electron chi connectivity index (χ4n) is 4.58. The summed E-state index contributed by atoms with van der Waals surface area (Å²) >= 11 is 1.46. The number of phosphoric ester groups is 3. The molecule has 2 aromatic rings. The van der Waals surface area contributed by atoms with Gasteiger partial charge < -0.3 is 50.9 Å². The van der Waals surface area contributed by atoms with Gasteiger partial charge in [0.1, 0.15) is 36.3 Å². The highest BCUT2D eigenvalue weighted by molar-refractivity contribution is 7.99. The number of allylic oxidation sites excluding steroid dienone is 1. The third kappa shape index (κ3) is 13.8. The summed E-state index contributed by atoms with van der Waals surface area (Å²) in [5.74, 6) is -0.355. The van der Waals surface area contributed by atoms with Crippen LogP contribution in [0.2, 0.25) is 0 Å². The Morgan fingerprint density at radius 1 is 1.07 bits per heavy atom. The van der Waals surface area contributed by atoms with E-state index in [1.54, 1.807) is 0 Å². The number of phosphoric acid groups is 3. The molecule has 0 aliphatic carbocycles. The molecule has 54 heavy (non-hydrogen) atoms. The number of anilines is 1. The van der Waals surface area contributed by atoms with Crippen LogP contribution in [0.25, 0.3) is 11.2 Å². The molecule has 304 valence electrons. The number of nitrogen functional groups attached to an aromatic ring is 1. The van der Waals surface area contributed by atoms with E-state index in [1.165, 1.54) is 31.7 Å². The minimum atomic E-state index is -5.56. The fourth-order valence-corrected chi connectivity index (χ4v) is 8.20. The van der Waals surface area contributed by atoms with Crippen molar-refractivity contribution in [3.63, 3.8) is 0 Å². The van der Waals surface area contributed by atoms with Crippen LogP contribution < -0.4 is 16.4 Å². The molecule has 0 radical (unpaired) electrons. The SMILES string of the molecule is C=CC(=O)CCSCCNC(=O)CCNC(=O)[C@H](O)C(C)(C)COP(=O)(O)OP(=O)(O)OC[C@H]1O[C@@H](n2cnc3c(N)ncnc32)[C@H](O)[C@@H]1OP(=O)(O)O. The lowest BCUT2D eigenvalue weighted by atomic mass is 9.87. The summed E-state index contributed by atoms with van der Waals surface area (Å²) in [6.45, 7) is 4.04. The molecule has 7 atom stereocenters. The van der Waals surface area contributed by atoms with Crippen molar-refractivity contribution >= 4 is 69.8 Å². The number of aromatic nitrogens is 4. The predicted octanol–water partition coefficient (Wildman–Crippen LogP) is -0.717. The maximum absolute atomic E-state index is 12.6. The number of aliphatic hydroxyl groups is 2. The Bertz CT molecular complexity index is 1800. The molecule has 0 bridgehead atoms. The third-order valence-electron chi connectivity index (χ3n) is 7.37. The molecule has 10 N–H and O–H groups in total. The number of carbonyl (C=O) groups is 3. The smallest absolute Gasteiger partial charge is 0.386 e. The van der Waals surface area contributed by atoms with E-state index >= 15 is 0 Å². The van der Waals surface area contributed by atoms with Crippen LogP contribution in [0.15, 0.2) is 25.3 Å². The van der Waals surface area contributed by atoms with Crippen LogP contribution in [0.1, 0.15) is 32.9 Å². The van der Waals surface area contributed by atoms with E-state index < -0.39 is 84.6 Å². The van der Waals surface area contributed by atoms with E-state index in [0.717, 1.165) is 17.2 Å². The topological polar surface area (TPSA) is 364 Å². The maximum atomic E-state index is 12.6. The highest BCUT2D eigenvalue weighted by atomic mass is 32.2. The summed E-state index contributed by atoms with van der Waals surface area (Å²) < 4.78 is 62.0. The molecule has 1 aliphatic heterocycles. The van der Waals surface area contributed by atoms with Gasteiger partial charge in [-0.3, -0.25) is 32.5 Å². The largest absolute Gasteiger partial charge is 0.481 e. The number of rotatable bonds is 23. The second kappa shape index (κ2) is 19.4. The van der Waals surface area contributed by atoms with Crippen molar-refractivity contribution in [2.75, 3.05) is 43.5 Å². The number of nitrogens with two attached hydrogens (primary N) is 1. The lowest BCUT2D eigenvalue weighted by Crippen LogP contribution is -2.46. The molecule has 2 amide bonds. The molecule has 2 unspecified atom stereocenters. The standard InChI is InChI=1S/C26H42N7O17P3S/c1-4-15(34)6-9-54-10-8-28-17(35)5-7-29-24(38)21(37)26(2,3)12-47-53(44,45)50-52(42,43)46-11-16-20(49-51(39,40)41)19(36)25(48-16)33-14-32-18-22(27)30-13-31-23(18)33/h4,13-14,16,19-21,25,36-37H,1,5-12H2,2-3H3,(H,28,35)(H,29,38)(H,42,43)(H,44,45)(H2,27,30,31)(H2,39,40,41)/t16-,19-,20-,21+,25-/m1/s1. The monoisotopic (exact) mass is 849 g/mol. The Hall–Kier alpha value is -2.70. The number of carbonyl (C=O) groups excluding carboxylic acids is 3. The zero-order chi connectivity index (χ0) is 40.5. The summed E-state index contributed by atoms with van der Waals surface area (Å²) in [6, 6.07) is 0. The van der Waals surface area contributed by atoms with Crippen molar-refractivity contribution in [1.29, 1.82) is 0 Å². The Morgan fingerprint density at radius 2 is 1.76 bits per heavy atom. The molecule has 0 saturated carbocycles. The molecule has 3 heterocycles. The van der Waals surface area contributed by atoms with Crippen molar-refractivity contribution in [3.8, 4) is 0 Å². The molecule has 2 aromatic heterocycles. The number of hydrogen-bond donors (Lipinski definition) is 9. The summed E-state index contributed by atoms with van der Waals surface area (Å²) in [7, 11) is -16.4. The first kappa shape index (κ1) is 45.7. The van der Waals surface area contributed by atoms with Gasteiger partial charge in [0.15, 0.2) is 23.5 Å². The molecule has 1 saturated heterocycles. The number of ether oxygens (including phenoxy) is 1. The number of nitrogens with one attached hydrogen (secondary N) is 2. The molecular formula is C26H42N7O17P3S. The van der Waals surface area contributed by atoms with Crippen molar-refractivity contribution in [2.24, 2.45) is 5.41 Å². The van der Waals surface area contributed by atoms with Gasteiger partial charge in [-0.15, -0.1) is 0 Å². The minimum Gasteiger partial charge on any atom is -0.386 e. The minimum absolute atomic E-state index is 0.0311. The summed E-state index contributed by atoms with van der Waals surface area (Å²) in [5.41, 5.74) is 4.27. The van der Waals surface area contributed by atoms with Gasteiger partial charge in [-0.25, -0.2) is 28.6 Å². The molecule has 0 spiro atoms.